The van der Waals surface area contributed by atoms with Crippen molar-refractivity contribution in [1.29, 1.82) is 0 Å². The Morgan fingerprint density at radius 3 is 2.24 bits per heavy atom. The average molecular weight is 583 g/mol. The van der Waals surface area contributed by atoms with Crippen molar-refractivity contribution in [2.75, 3.05) is 31.2 Å². The van der Waals surface area contributed by atoms with Gasteiger partial charge in [0.15, 0.2) is 5.82 Å². The van der Waals surface area contributed by atoms with Gasteiger partial charge in [-0.05, 0) is 41.3 Å². The summed E-state index contributed by atoms with van der Waals surface area (Å²) >= 11 is 0. The maximum Gasteiger partial charge on any atom is 0.573 e. The SMILES string of the molecule is CC(C)c1ccc(C(O)=C2C(=O)C(=O)N(c3ccc(CN4CCOCC4)nn3)C2c2ccc(OC(F)(F)F)cc2)cc1. The maximum atomic E-state index is 13.4. The summed E-state index contributed by atoms with van der Waals surface area (Å²) in [6.07, 6.45) is -4.89. The number of aromatic nitrogens is 2. The molecule has 42 heavy (non-hydrogen) atoms. The molecule has 1 N–H and O–H groups in total. The van der Waals surface area contributed by atoms with Gasteiger partial charge >= 0.3 is 12.3 Å². The van der Waals surface area contributed by atoms with Gasteiger partial charge in [-0.15, -0.1) is 18.3 Å². The maximum absolute atomic E-state index is 13.4. The topological polar surface area (TPSA) is 105 Å². The smallest absolute Gasteiger partial charge is 0.507 e. The molecule has 9 nitrogen and oxygen atoms in total. The van der Waals surface area contributed by atoms with Crippen LogP contribution in [0, 0.1) is 0 Å². The number of aliphatic hydroxyl groups excluding tert-OH is 1. The van der Waals surface area contributed by atoms with E-state index in [1.54, 1.807) is 24.3 Å². The zero-order chi connectivity index (χ0) is 30.0. The molecule has 220 valence electrons. The molecule has 12 heteroatoms. The third kappa shape index (κ3) is 6.29. The summed E-state index contributed by atoms with van der Waals surface area (Å²) in [5, 5.41) is 19.8. The van der Waals surface area contributed by atoms with Gasteiger partial charge in [0.25, 0.3) is 5.78 Å². The molecule has 1 aromatic heterocycles. The molecule has 2 aromatic carbocycles. The van der Waals surface area contributed by atoms with Gasteiger partial charge in [0.2, 0.25) is 0 Å². The van der Waals surface area contributed by atoms with E-state index in [-0.39, 0.29) is 22.9 Å². The number of benzene rings is 2. The second-order valence-corrected chi connectivity index (χ2v) is 10.3. The van der Waals surface area contributed by atoms with Gasteiger partial charge < -0.3 is 14.6 Å². The molecule has 0 spiro atoms. The molecule has 2 aliphatic rings. The summed E-state index contributed by atoms with van der Waals surface area (Å²) in [5.41, 5.74) is 2.01. The number of ether oxygens (including phenoxy) is 2. The van der Waals surface area contributed by atoms with Gasteiger partial charge in [0.05, 0.1) is 30.5 Å². The summed E-state index contributed by atoms with van der Waals surface area (Å²) in [5.74, 6) is -2.51. The van der Waals surface area contributed by atoms with Crippen molar-refractivity contribution in [3.05, 3.63) is 88.6 Å². The number of alkyl halides is 3. The third-order valence-electron chi connectivity index (χ3n) is 7.17. The minimum atomic E-state index is -4.89. The quantitative estimate of drug-likeness (QED) is 0.237. The normalized spacial score (nSPS) is 19.5. The van der Waals surface area contributed by atoms with Gasteiger partial charge in [-0.1, -0.05) is 50.2 Å². The Bertz CT molecular complexity index is 1470. The molecule has 2 saturated heterocycles. The van der Waals surface area contributed by atoms with Crippen molar-refractivity contribution in [3.8, 4) is 5.75 Å². The lowest BCUT2D eigenvalue weighted by atomic mass is 9.94. The van der Waals surface area contributed by atoms with Crippen LogP contribution in [0.15, 0.2) is 66.2 Å². The van der Waals surface area contributed by atoms with Crippen molar-refractivity contribution in [1.82, 2.24) is 15.1 Å². The van der Waals surface area contributed by atoms with Crippen LogP contribution in [0.4, 0.5) is 19.0 Å². The summed E-state index contributed by atoms with van der Waals surface area (Å²) in [7, 11) is 0. The summed E-state index contributed by atoms with van der Waals surface area (Å²) in [6.45, 7) is 7.26. The minimum Gasteiger partial charge on any atom is -0.507 e. The lowest BCUT2D eigenvalue weighted by molar-refractivity contribution is -0.274. The van der Waals surface area contributed by atoms with Gasteiger partial charge in [-0.3, -0.25) is 19.4 Å². The first-order valence-electron chi connectivity index (χ1n) is 13.4. The number of carbonyl (C=O) groups excluding carboxylic acids is 2. The standard InChI is InChI=1S/C30H29F3N4O5/c1-18(2)19-3-5-21(6-4-19)27(38)25-26(20-7-10-23(11-8-20)42-30(31,32)33)37(29(40)28(25)39)24-12-9-22(34-35-24)17-36-13-15-41-16-14-36/h3-12,18,26,38H,13-17H2,1-2H3. The molecule has 0 radical (unpaired) electrons. The average Bonchev–Trinajstić information content (AvgIpc) is 3.23. The van der Waals surface area contributed by atoms with E-state index in [2.05, 4.69) is 19.8 Å². The molecule has 2 fully saturated rings. The Labute approximate surface area is 240 Å². The number of rotatable bonds is 7. The minimum absolute atomic E-state index is 0.0534. The van der Waals surface area contributed by atoms with Crippen molar-refractivity contribution in [2.45, 2.75) is 38.7 Å². The van der Waals surface area contributed by atoms with Gasteiger partial charge in [0, 0.05) is 25.2 Å². The molecule has 3 aromatic rings. The number of anilines is 1. The second-order valence-electron chi connectivity index (χ2n) is 10.3. The first kappa shape index (κ1) is 29.2. The van der Waals surface area contributed by atoms with E-state index in [0.29, 0.717) is 31.0 Å². The third-order valence-corrected chi connectivity index (χ3v) is 7.17. The lowest BCUT2D eigenvalue weighted by Crippen LogP contribution is -2.36. The molecular weight excluding hydrogens is 553 g/mol. The van der Waals surface area contributed by atoms with E-state index < -0.39 is 35.6 Å². The van der Waals surface area contributed by atoms with E-state index in [1.165, 1.54) is 12.1 Å². The Hall–Kier alpha value is -4.29. The highest BCUT2D eigenvalue weighted by atomic mass is 19.4. The number of nitrogens with zero attached hydrogens (tertiary/aromatic N) is 4. The molecule has 0 bridgehead atoms. The van der Waals surface area contributed by atoms with Gasteiger partial charge in [-0.2, -0.15) is 5.10 Å². The molecule has 1 unspecified atom stereocenters. The van der Waals surface area contributed by atoms with Crippen LogP contribution in [0.2, 0.25) is 0 Å². The largest absolute Gasteiger partial charge is 0.573 e. The van der Waals surface area contributed by atoms with Crippen LogP contribution in [-0.4, -0.2) is 64.6 Å². The number of carbonyl (C=O) groups is 2. The van der Waals surface area contributed by atoms with Crippen LogP contribution in [0.1, 0.15) is 48.2 Å². The van der Waals surface area contributed by atoms with E-state index in [4.69, 9.17) is 4.74 Å². The first-order chi connectivity index (χ1) is 20.0. The fourth-order valence-electron chi connectivity index (χ4n) is 4.97. The predicted octanol–water partition coefficient (Wildman–Crippen LogP) is 4.96. The van der Waals surface area contributed by atoms with E-state index in [9.17, 15) is 27.9 Å². The first-order valence-corrected chi connectivity index (χ1v) is 13.4. The zero-order valence-corrected chi connectivity index (χ0v) is 23.0. The molecule has 1 amide bonds. The molecule has 3 heterocycles. The number of Topliss-reactive ketones (excluding diaryl/α,β-unsaturated/α-hetero) is 1. The Kier molecular flexibility index (Phi) is 8.28. The van der Waals surface area contributed by atoms with Crippen LogP contribution in [-0.2, 0) is 20.9 Å². The van der Waals surface area contributed by atoms with Crippen LogP contribution in [0.5, 0.6) is 5.75 Å². The molecular formula is C30H29F3N4O5. The number of hydrogen-bond acceptors (Lipinski definition) is 8. The summed E-state index contributed by atoms with van der Waals surface area (Å²) in [6, 6.07) is 13.8. The van der Waals surface area contributed by atoms with E-state index in [0.717, 1.165) is 35.7 Å². The Morgan fingerprint density at radius 2 is 1.67 bits per heavy atom. The molecule has 5 rings (SSSR count). The number of hydrogen-bond donors (Lipinski definition) is 1. The molecule has 1 atom stereocenters. The van der Waals surface area contributed by atoms with E-state index in [1.807, 2.05) is 26.0 Å². The fraction of sp³-hybridized carbons (Fsp3) is 0.333. The molecule has 2 aliphatic heterocycles. The summed E-state index contributed by atoms with van der Waals surface area (Å²) < 4.78 is 47.6. The monoisotopic (exact) mass is 582 g/mol. The van der Waals surface area contributed by atoms with Crippen LogP contribution in [0.3, 0.4) is 0 Å². The van der Waals surface area contributed by atoms with Crippen molar-refractivity contribution in [2.24, 2.45) is 0 Å². The predicted molar refractivity (Wildman–Crippen MR) is 147 cm³/mol. The molecule has 0 saturated carbocycles. The fourth-order valence-corrected chi connectivity index (χ4v) is 4.97. The number of aliphatic hydroxyl groups is 1. The van der Waals surface area contributed by atoms with Crippen molar-refractivity contribution in [3.63, 3.8) is 0 Å². The molecule has 0 aliphatic carbocycles. The van der Waals surface area contributed by atoms with Crippen LogP contribution in [0.25, 0.3) is 5.76 Å². The van der Waals surface area contributed by atoms with Crippen LogP contribution >= 0.6 is 0 Å². The lowest BCUT2D eigenvalue weighted by Gasteiger charge is -2.26. The zero-order valence-electron chi connectivity index (χ0n) is 23.0. The second kappa shape index (κ2) is 11.9. The highest BCUT2D eigenvalue weighted by Crippen LogP contribution is 2.42. The van der Waals surface area contributed by atoms with Crippen molar-refractivity contribution >= 4 is 23.3 Å². The highest BCUT2D eigenvalue weighted by molar-refractivity contribution is 6.51. The number of halogens is 3. The van der Waals surface area contributed by atoms with Crippen molar-refractivity contribution < 1.29 is 37.3 Å². The van der Waals surface area contributed by atoms with Gasteiger partial charge in [0.1, 0.15) is 11.5 Å². The Balaban J connectivity index is 1.54. The van der Waals surface area contributed by atoms with E-state index >= 15 is 0 Å². The number of morpholine rings is 1. The van der Waals surface area contributed by atoms with Crippen LogP contribution < -0.4 is 9.64 Å². The van der Waals surface area contributed by atoms with Gasteiger partial charge in [-0.25, -0.2) is 0 Å². The highest BCUT2D eigenvalue weighted by Gasteiger charge is 2.47. The number of amides is 1. The summed E-state index contributed by atoms with van der Waals surface area (Å²) in [4.78, 5) is 30.0. The Morgan fingerprint density at radius 1 is 1.00 bits per heavy atom. The number of ketones is 1.